The number of nitrogens with two attached hydrogens (primary N) is 1. The van der Waals surface area contributed by atoms with E-state index < -0.39 is 0 Å². The molecule has 130 valence electrons. The Morgan fingerprint density at radius 1 is 1.29 bits per heavy atom. The number of carbonyl (C=O) groups is 2. The Balaban J connectivity index is 1.57. The first-order valence-corrected chi connectivity index (χ1v) is 8.70. The van der Waals surface area contributed by atoms with Crippen LogP contribution >= 0.6 is 0 Å². The van der Waals surface area contributed by atoms with Crippen molar-refractivity contribution in [2.24, 2.45) is 11.7 Å². The number of ether oxygens (including phenoxy) is 1. The molecular weight excluding hydrogens is 306 g/mol. The lowest BCUT2D eigenvalue weighted by Crippen LogP contribution is -2.46. The lowest BCUT2D eigenvalue weighted by Gasteiger charge is -2.32. The van der Waals surface area contributed by atoms with Crippen molar-refractivity contribution in [1.82, 2.24) is 5.32 Å². The molecule has 3 N–H and O–H groups in total. The van der Waals surface area contributed by atoms with Gasteiger partial charge in [-0.3, -0.25) is 9.59 Å². The molecule has 0 spiro atoms. The van der Waals surface area contributed by atoms with E-state index in [2.05, 4.69) is 5.32 Å². The van der Waals surface area contributed by atoms with Gasteiger partial charge in [0.15, 0.2) is 6.61 Å². The van der Waals surface area contributed by atoms with E-state index in [1.165, 1.54) is 6.42 Å². The molecule has 2 unspecified atom stereocenters. The molecule has 1 aliphatic heterocycles. The summed E-state index contributed by atoms with van der Waals surface area (Å²) in [4.78, 5) is 26.1. The Morgan fingerprint density at radius 2 is 2.08 bits per heavy atom. The number of nitrogens with zero attached hydrogens (tertiary/aromatic N) is 1. The van der Waals surface area contributed by atoms with E-state index in [4.69, 9.17) is 10.5 Å². The van der Waals surface area contributed by atoms with Crippen LogP contribution in [0, 0.1) is 5.92 Å². The molecule has 1 heterocycles. The van der Waals surface area contributed by atoms with E-state index in [0.29, 0.717) is 24.8 Å². The highest BCUT2D eigenvalue weighted by Crippen LogP contribution is 2.31. The van der Waals surface area contributed by atoms with Crippen LogP contribution in [0.1, 0.15) is 32.1 Å². The number of rotatable bonds is 5. The van der Waals surface area contributed by atoms with Gasteiger partial charge >= 0.3 is 0 Å². The van der Waals surface area contributed by atoms with Crippen LogP contribution in [0.5, 0.6) is 5.75 Å². The average Bonchev–Trinajstić information content (AvgIpc) is 2.61. The Morgan fingerprint density at radius 3 is 2.92 bits per heavy atom. The van der Waals surface area contributed by atoms with Gasteiger partial charge in [0.05, 0.1) is 5.69 Å². The number of hydrogen-bond donors (Lipinski definition) is 2. The van der Waals surface area contributed by atoms with Gasteiger partial charge in [-0.25, -0.2) is 0 Å². The minimum absolute atomic E-state index is 0.0166. The Bertz CT molecular complexity index is 605. The highest BCUT2D eigenvalue weighted by Gasteiger charge is 2.27. The summed E-state index contributed by atoms with van der Waals surface area (Å²) >= 11 is 0. The fourth-order valence-corrected chi connectivity index (χ4v) is 3.57. The molecule has 1 aliphatic carbocycles. The van der Waals surface area contributed by atoms with E-state index in [1.54, 1.807) is 4.90 Å². The fraction of sp³-hybridized carbons (Fsp3) is 0.556. The predicted octanol–water partition coefficient (Wildman–Crippen LogP) is 1.44. The molecule has 0 bridgehead atoms. The van der Waals surface area contributed by atoms with Crippen molar-refractivity contribution < 1.29 is 14.3 Å². The second-order valence-corrected chi connectivity index (χ2v) is 6.51. The normalized spacial score (nSPS) is 23.4. The first-order valence-electron chi connectivity index (χ1n) is 8.70. The summed E-state index contributed by atoms with van der Waals surface area (Å²) in [5, 5.41) is 3.11. The third kappa shape index (κ3) is 3.70. The van der Waals surface area contributed by atoms with Crippen LogP contribution in [-0.2, 0) is 9.59 Å². The molecular formula is C18H25N3O3. The summed E-state index contributed by atoms with van der Waals surface area (Å²) in [6.07, 6.45) is 4.68. The van der Waals surface area contributed by atoms with Crippen molar-refractivity contribution in [2.75, 3.05) is 24.6 Å². The lowest BCUT2D eigenvalue weighted by molar-refractivity contribution is -0.122. The highest BCUT2D eigenvalue weighted by molar-refractivity contribution is 5.98. The van der Waals surface area contributed by atoms with Crippen molar-refractivity contribution in [3.05, 3.63) is 24.3 Å². The third-order valence-corrected chi connectivity index (χ3v) is 4.93. The van der Waals surface area contributed by atoms with Crippen molar-refractivity contribution >= 4 is 17.5 Å². The number of hydrogen-bond acceptors (Lipinski definition) is 4. The van der Waals surface area contributed by atoms with Gasteiger partial charge in [0.1, 0.15) is 5.75 Å². The quantitative estimate of drug-likeness (QED) is 0.855. The van der Waals surface area contributed by atoms with Crippen molar-refractivity contribution in [2.45, 2.75) is 38.1 Å². The molecule has 2 amide bonds. The maximum absolute atomic E-state index is 12.3. The summed E-state index contributed by atoms with van der Waals surface area (Å²) in [6.45, 7) is 1.00. The molecule has 1 saturated carbocycles. The number of benzene rings is 1. The first kappa shape index (κ1) is 16.8. The summed E-state index contributed by atoms with van der Waals surface area (Å²) in [5.74, 6) is 0.928. The Hall–Kier alpha value is -2.08. The molecule has 6 heteroatoms. The third-order valence-electron chi connectivity index (χ3n) is 4.93. The number of fused-ring (bicyclic) bond motifs is 1. The zero-order chi connectivity index (χ0) is 16.9. The smallest absolute Gasteiger partial charge is 0.265 e. The van der Waals surface area contributed by atoms with Crippen molar-refractivity contribution in [3.63, 3.8) is 0 Å². The summed E-state index contributed by atoms with van der Waals surface area (Å²) in [7, 11) is 0. The first-order chi connectivity index (χ1) is 11.7. The molecule has 6 nitrogen and oxygen atoms in total. The van der Waals surface area contributed by atoms with Crippen LogP contribution in [0.4, 0.5) is 5.69 Å². The fourth-order valence-electron chi connectivity index (χ4n) is 3.57. The van der Waals surface area contributed by atoms with Gasteiger partial charge in [-0.2, -0.15) is 0 Å². The number of nitrogens with one attached hydrogen (secondary N) is 1. The second-order valence-electron chi connectivity index (χ2n) is 6.51. The van der Waals surface area contributed by atoms with Crippen LogP contribution < -0.4 is 20.7 Å². The maximum atomic E-state index is 12.3. The standard InChI is InChI=1S/C18H25N3O3/c19-11-13-5-1-2-6-14(13)20-17(22)9-10-21-15-7-3-4-8-16(15)24-12-18(21)23/h3-4,7-8,13-14H,1-2,5-6,9-12,19H2,(H,20,22). The van der Waals surface area contributed by atoms with Gasteiger partial charge < -0.3 is 20.7 Å². The Kier molecular flexibility index (Phi) is 5.35. The number of para-hydroxylation sites is 2. The second kappa shape index (κ2) is 7.66. The van der Waals surface area contributed by atoms with Gasteiger partial charge in [0.2, 0.25) is 5.91 Å². The highest BCUT2D eigenvalue weighted by atomic mass is 16.5. The number of anilines is 1. The predicted molar refractivity (Wildman–Crippen MR) is 91.9 cm³/mol. The van der Waals surface area contributed by atoms with Crippen LogP contribution in [0.15, 0.2) is 24.3 Å². The van der Waals surface area contributed by atoms with E-state index >= 15 is 0 Å². The molecule has 3 rings (SSSR count). The molecule has 2 aliphatic rings. The van der Waals surface area contributed by atoms with Crippen molar-refractivity contribution in [3.8, 4) is 5.75 Å². The van der Waals surface area contributed by atoms with Crippen LogP contribution in [-0.4, -0.2) is 37.6 Å². The topological polar surface area (TPSA) is 84.7 Å². The summed E-state index contributed by atoms with van der Waals surface area (Å²) < 4.78 is 5.42. The molecule has 24 heavy (non-hydrogen) atoms. The van der Waals surface area contributed by atoms with Gasteiger partial charge in [0, 0.05) is 19.0 Å². The van der Waals surface area contributed by atoms with Crippen molar-refractivity contribution in [1.29, 1.82) is 0 Å². The van der Waals surface area contributed by atoms with E-state index in [9.17, 15) is 9.59 Å². The number of carbonyl (C=O) groups excluding carboxylic acids is 2. The molecule has 0 saturated heterocycles. The van der Waals surface area contributed by atoms with Crippen LogP contribution in [0.25, 0.3) is 0 Å². The number of amides is 2. The molecule has 1 fully saturated rings. The zero-order valence-corrected chi connectivity index (χ0v) is 13.9. The van der Waals surface area contributed by atoms with E-state index in [1.807, 2.05) is 24.3 Å². The lowest BCUT2D eigenvalue weighted by atomic mass is 9.84. The van der Waals surface area contributed by atoms with E-state index in [0.717, 1.165) is 24.9 Å². The minimum Gasteiger partial charge on any atom is -0.482 e. The molecule has 0 aromatic heterocycles. The Labute approximate surface area is 142 Å². The maximum Gasteiger partial charge on any atom is 0.265 e. The van der Waals surface area contributed by atoms with Crippen LogP contribution in [0.3, 0.4) is 0 Å². The average molecular weight is 331 g/mol. The van der Waals surface area contributed by atoms with Crippen LogP contribution in [0.2, 0.25) is 0 Å². The van der Waals surface area contributed by atoms with E-state index in [-0.39, 0.29) is 30.9 Å². The molecule has 1 aromatic rings. The van der Waals surface area contributed by atoms with Gasteiger partial charge in [-0.1, -0.05) is 25.0 Å². The molecule has 2 atom stereocenters. The monoisotopic (exact) mass is 331 g/mol. The minimum atomic E-state index is -0.112. The molecule has 0 radical (unpaired) electrons. The summed E-state index contributed by atoms with van der Waals surface area (Å²) in [5.41, 5.74) is 6.55. The van der Waals surface area contributed by atoms with Gasteiger partial charge in [-0.15, -0.1) is 0 Å². The van der Waals surface area contributed by atoms with Gasteiger partial charge in [0.25, 0.3) is 5.91 Å². The zero-order valence-electron chi connectivity index (χ0n) is 13.9. The summed E-state index contributed by atoms with van der Waals surface area (Å²) in [6, 6.07) is 7.58. The SMILES string of the molecule is NCC1CCCCC1NC(=O)CCN1C(=O)COc2ccccc21. The van der Waals surface area contributed by atoms with Gasteiger partial charge in [-0.05, 0) is 37.4 Å². The largest absolute Gasteiger partial charge is 0.482 e. The molecule has 1 aromatic carbocycles.